The number of nitrogens with one attached hydrogen (secondary N) is 1. The Morgan fingerprint density at radius 2 is 2.22 bits per heavy atom. The van der Waals surface area contributed by atoms with Gasteiger partial charge in [-0.3, -0.25) is 4.79 Å². The van der Waals surface area contributed by atoms with Crippen molar-refractivity contribution in [3.63, 3.8) is 0 Å². The molecule has 4 N–H and O–H groups in total. The summed E-state index contributed by atoms with van der Waals surface area (Å²) in [5, 5.41) is 14.8. The van der Waals surface area contributed by atoms with Gasteiger partial charge in [-0.15, -0.1) is 0 Å². The number of nitrogens with two attached hydrogens (primary N) is 1. The van der Waals surface area contributed by atoms with Crippen LogP contribution >= 0.6 is 11.6 Å². The van der Waals surface area contributed by atoms with Gasteiger partial charge in [0.15, 0.2) is 5.84 Å². The van der Waals surface area contributed by atoms with E-state index >= 15 is 0 Å². The molecule has 0 saturated heterocycles. The molecule has 1 rings (SSSR count). The molecule has 1 amide bonds. The third-order valence-corrected chi connectivity index (χ3v) is 2.69. The van der Waals surface area contributed by atoms with E-state index in [-0.39, 0.29) is 18.2 Å². The number of carbonyl (C=O) groups is 1. The minimum Gasteiger partial charge on any atom is -0.409 e. The maximum atomic E-state index is 11.8. The van der Waals surface area contributed by atoms with E-state index in [9.17, 15) is 4.79 Å². The predicted molar refractivity (Wildman–Crippen MR) is 70.8 cm³/mol. The quantitative estimate of drug-likeness (QED) is 0.335. The number of benzene rings is 1. The average Bonchev–Trinajstić information content (AvgIpc) is 2.26. The first-order valence-corrected chi connectivity index (χ1v) is 5.76. The fourth-order valence-electron chi connectivity index (χ4n) is 1.41. The Bertz CT molecular complexity index is 472. The van der Waals surface area contributed by atoms with Crippen LogP contribution in [-0.2, 0) is 11.2 Å². The molecule has 5 nitrogen and oxygen atoms in total. The molecule has 0 aliphatic rings. The molecular formula is C12H16ClN3O2. The van der Waals surface area contributed by atoms with E-state index in [1.807, 2.05) is 6.07 Å². The Hall–Kier alpha value is -1.75. The van der Waals surface area contributed by atoms with Gasteiger partial charge < -0.3 is 16.3 Å². The van der Waals surface area contributed by atoms with Gasteiger partial charge in [-0.2, -0.15) is 0 Å². The molecule has 0 aromatic heterocycles. The van der Waals surface area contributed by atoms with Crippen molar-refractivity contribution in [1.82, 2.24) is 5.32 Å². The normalized spacial score (nSPS) is 12.3. The number of carbonyl (C=O) groups excluding carboxylic acids is 1. The number of hydrogen-bond donors (Lipinski definition) is 3. The smallest absolute Gasteiger partial charge is 0.225 e. The molecule has 0 radical (unpaired) electrons. The maximum Gasteiger partial charge on any atom is 0.225 e. The molecule has 18 heavy (non-hydrogen) atoms. The van der Waals surface area contributed by atoms with E-state index in [0.717, 1.165) is 5.56 Å². The van der Waals surface area contributed by atoms with E-state index < -0.39 is 5.54 Å². The number of nitrogens with zero attached hydrogens (tertiary/aromatic N) is 1. The topological polar surface area (TPSA) is 87.7 Å². The number of halogens is 1. The molecule has 0 unspecified atom stereocenters. The highest BCUT2D eigenvalue weighted by Gasteiger charge is 2.25. The molecule has 1 aromatic rings. The van der Waals surface area contributed by atoms with Crippen LogP contribution in [0.25, 0.3) is 0 Å². The number of amides is 1. The molecule has 0 fully saturated rings. The summed E-state index contributed by atoms with van der Waals surface area (Å²) in [5.74, 6) is -0.282. The zero-order valence-corrected chi connectivity index (χ0v) is 11.0. The predicted octanol–water partition coefficient (Wildman–Crippen LogP) is 1.52. The summed E-state index contributed by atoms with van der Waals surface area (Å²) in [6.07, 6.45) is 0.183. The van der Waals surface area contributed by atoms with Crippen molar-refractivity contribution >= 4 is 23.3 Å². The highest BCUT2D eigenvalue weighted by atomic mass is 35.5. The van der Waals surface area contributed by atoms with Gasteiger partial charge in [0, 0.05) is 5.02 Å². The van der Waals surface area contributed by atoms with Crippen LogP contribution < -0.4 is 11.1 Å². The van der Waals surface area contributed by atoms with Crippen LogP contribution in [0.2, 0.25) is 5.02 Å². The highest BCUT2D eigenvalue weighted by molar-refractivity contribution is 6.30. The van der Waals surface area contributed by atoms with Crippen molar-refractivity contribution in [2.75, 3.05) is 0 Å². The number of rotatable bonds is 4. The number of hydrogen-bond acceptors (Lipinski definition) is 3. The first kappa shape index (κ1) is 14.3. The Kier molecular flexibility index (Phi) is 4.55. The summed E-state index contributed by atoms with van der Waals surface area (Å²) in [7, 11) is 0. The first-order chi connectivity index (χ1) is 8.35. The second kappa shape index (κ2) is 5.73. The average molecular weight is 270 g/mol. The second-order valence-corrected chi connectivity index (χ2v) is 4.90. The van der Waals surface area contributed by atoms with Gasteiger partial charge in [0.05, 0.1) is 12.0 Å². The van der Waals surface area contributed by atoms with Crippen molar-refractivity contribution in [2.24, 2.45) is 10.9 Å². The lowest BCUT2D eigenvalue weighted by Gasteiger charge is -2.24. The fraction of sp³-hybridized carbons (Fsp3) is 0.333. The molecular weight excluding hydrogens is 254 g/mol. The third kappa shape index (κ3) is 3.92. The first-order valence-electron chi connectivity index (χ1n) is 5.38. The van der Waals surface area contributed by atoms with Crippen LogP contribution in [0.5, 0.6) is 0 Å². The van der Waals surface area contributed by atoms with Crippen molar-refractivity contribution in [3.8, 4) is 0 Å². The van der Waals surface area contributed by atoms with E-state index in [4.69, 9.17) is 22.5 Å². The molecule has 0 saturated carbocycles. The minimum atomic E-state index is -0.898. The van der Waals surface area contributed by atoms with Crippen LogP contribution in [0.3, 0.4) is 0 Å². The molecule has 0 heterocycles. The largest absolute Gasteiger partial charge is 0.409 e. The summed E-state index contributed by atoms with van der Waals surface area (Å²) in [4.78, 5) is 11.8. The molecule has 0 aliphatic heterocycles. The van der Waals surface area contributed by atoms with Gasteiger partial charge in [0.2, 0.25) is 5.91 Å². The van der Waals surface area contributed by atoms with Gasteiger partial charge in [-0.1, -0.05) is 28.9 Å². The van der Waals surface area contributed by atoms with Gasteiger partial charge in [-0.25, -0.2) is 0 Å². The Morgan fingerprint density at radius 3 is 2.78 bits per heavy atom. The molecule has 0 atom stereocenters. The van der Waals surface area contributed by atoms with Gasteiger partial charge in [-0.05, 0) is 31.5 Å². The zero-order valence-electron chi connectivity index (χ0n) is 10.3. The van der Waals surface area contributed by atoms with Crippen LogP contribution in [0.15, 0.2) is 29.4 Å². The molecule has 1 aromatic carbocycles. The summed E-state index contributed by atoms with van der Waals surface area (Å²) in [6.45, 7) is 3.30. The molecule has 0 aliphatic carbocycles. The van der Waals surface area contributed by atoms with E-state index in [1.165, 1.54) is 0 Å². The SMILES string of the molecule is CC(C)(NC(=O)Cc1cccc(Cl)c1)C(N)=NO. The van der Waals surface area contributed by atoms with Crippen molar-refractivity contribution < 1.29 is 10.0 Å². The minimum absolute atomic E-state index is 0.0538. The monoisotopic (exact) mass is 269 g/mol. The van der Waals surface area contributed by atoms with Crippen molar-refractivity contribution in [3.05, 3.63) is 34.9 Å². The number of amidine groups is 1. The Morgan fingerprint density at radius 1 is 1.56 bits per heavy atom. The highest BCUT2D eigenvalue weighted by Crippen LogP contribution is 2.11. The molecule has 0 spiro atoms. The van der Waals surface area contributed by atoms with Crippen LogP contribution in [0, 0.1) is 0 Å². The summed E-state index contributed by atoms with van der Waals surface area (Å²) < 4.78 is 0. The van der Waals surface area contributed by atoms with Crippen molar-refractivity contribution in [1.29, 1.82) is 0 Å². The Labute approximate surface area is 111 Å². The van der Waals surface area contributed by atoms with Crippen molar-refractivity contribution in [2.45, 2.75) is 25.8 Å². The summed E-state index contributed by atoms with van der Waals surface area (Å²) >= 11 is 5.83. The maximum absolute atomic E-state index is 11.8. The summed E-state index contributed by atoms with van der Waals surface area (Å²) in [6, 6.07) is 7.04. The van der Waals surface area contributed by atoms with Crippen LogP contribution in [-0.4, -0.2) is 22.5 Å². The van der Waals surface area contributed by atoms with Gasteiger partial charge in [0.1, 0.15) is 0 Å². The molecule has 98 valence electrons. The van der Waals surface area contributed by atoms with E-state index in [1.54, 1.807) is 32.0 Å². The van der Waals surface area contributed by atoms with Gasteiger partial charge in [0.25, 0.3) is 0 Å². The molecule has 6 heteroatoms. The van der Waals surface area contributed by atoms with Crippen LogP contribution in [0.4, 0.5) is 0 Å². The lowest BCUT2D eigenvalue weighted by molar-refractivity contribution is -0.121. The van der Waals surface area contributed by atoms with Gasteiger partial charge >= 0.3 is 0 Å². The lowest BCUT2D eigenvalue weighted by Crippen LogP contribution is -2.53. The Balaban J connectivity index is 2.68. The lowest BCUT2D eigenvalue weighted by atomic mass is 10.0. The molecule has 0 bridgehead atoms. The third-order valence-electron chi connectivity index (χ3n) is 2.45. The standard InChI is InChI=1S/C12H16ClN3O2/c1-12(2,11(14)16-18)15-10(17)7-8-4-3-5-9(13)6-8/h3-6,18H,7H2,1-2H3,(H2,14,16)(H,15,17). The zero-order chi connectivity index (χ0) is 13.8. The van der Waals surface area contributed by atoms with E-state index in [2.05, 4.69) is 10.5 Å². The van der Waals surface area contributed by atoms with E-state index in [0.29, 0.717) is 5.02 Å². The number of oxime groups is 1. The summed E-state index contributed by atoms with van der Waals surface area (Å²) in [5.41, 5.74) is 5.38. The fourth-order valence-corrected chi connectivity index (χ4v) is 1.63. The van der Waals surface area contributed by atoms with Crippen LogP contribution in [0.1, 0.15) is 19.4 Å². The second-order valence-electron chi connectivity index (χ2n) is 4.47.